The van der Waals surface area contributed by atoms with Crippen molar-refractivity contribution in [3.63, 3.8) is 0 Å². The molecule has 5 nitrogen and oxygen atoms in total. The fourth-order valence-electron chi connectivity index (χ4n) is 1.41. The van der Waals surface area contributed by atoms with E-state index < -0.39 is 11.9 Å². The van der Waals surface area contributed by atoms with E-state index in [0.717, 1.165) is 0 Å². The molecule has 0 saturated heterocycles. The maximum Gasteiger partial charge on any atom is 0.344 e. The van der Waals surface area contributed by atoms with Crippen LogP contribution in [-0.2, 0) is 9.53 Å². The van der Waals surface area contributed by atoms with Gasteiger partial charge >= 0.3 is 11.9 Å². The molecule has 98 valence electrons. The number of carbonyl (C=O) groups excluding carboxylic acids is 1. The van der Waals surface area contributed by atoms with Crippen molar-refractivity contribution in [2.45, 2.75) is 13.8 Å². The van der Waals surface area contributed by atoms with Gasteiger partial charge in [0.1, 0.15) is 11.3 Å². The van der Waals surface area contributed by atoms with Gasteiger partial charge in [0, 0.05) is 4.47 Å². The molecule has 18 heavy (non-hydrogen) atoms. The maximum atomic E-state index is 11.2. The fourth-order valence-corrected chi connectivity index (χ4v) is 1.99. The van der Waals surface area contributed by atoms with Crippen LogP contribution in [0.15, 0.2) is 16.6 Å². The van der Waals surface area contributed by atoms with Crippen molar-refractivity contribution >= 4 is 27.9 Å². The van der Waals surface area contributed by atoms with E-state index >= 15 is 0 Å². The predicted octanol–water partition coefficient (Wildman–Crippen LogP) is 2.40. The second-order valence-corrected chi connectivity index (χ2v) is 4.41. The number of hydrogen-bond acceptors (Lipinski definition) is 4. The summed E-state index contributed by atoms with van der Waals surface area (Å²) in [7, 11) is 0. The Kier molecular flexibility index (Phi) is 5.15. The monoisotopic (exact) mass is 316 g/mol. The molecule has 0 saturated carbocycles. The highest BCUT2D eigenvalue weighted by atomic mass is 79.9. The number of rotatable bonds is 5. The third kappa shape index (κ3) is 3.73. The van der Waals surface area contributed by atoms with Gasteiger partial charge in [0.2, 0.25) is 0 Å². The highest BCUT2D eigenvalue weighted by Crippen LogP contribution is 2.28. The molecule has 0 aliphatic heterocycles. The van der Waals surface area contributed by atoms with Gasteiger partial charge in [-0.15, -0.1) is 0 Å². The zero-order valence-corrected chi connectivity index (χ0v) is 11.6. The van der Waals surface area contributed by atoms with E-state index in [-0.39, 0.29) is 24.5 Å². The molecule has 0 aliphatic carbocycles. The highest BCUT2D eigenvalue weighted by molar-refractivity contribution is 9.10. The molecule has 0 atom stereocenters. The molecular weight excluding hydrogens is 304 g/mol. The number of carboxylic acid groups (broad SMARTS) is 1. The van der Waals surface area contributed by atoms with E-state index in [9.17, 15) is 9.59 Å². The Morgan fingerprint density at radius 3 is 2.61 bits per heavy atom. The van der Waals surface area contributed by atoms with Crippen LogP contribution in [0.4, 0.5) is 0 Å². The first kappa shape index (κ1) is 14.5. The SMILES string of the molecule is CCOC(=O)COc1c(C)cc(Br)cc1C(=O)O. The number of hydrogen-bond donors (Lipinski definition) is 1. The number of ether oxygens (including phenoxy) is 2. The lowest BCUT2D eigenvalue weighted by molar-refractivity contribution is -0.145. The zero-order valence-electron chi connectivity index (χ0n) is 10.0. The van der Waals surface area contributed by atoms with E-state index in [2.05, 4.69) is 15.9 Å². The molecular formula is C12H13BrO5. The number of benzene rings is 1. The molecule has 1 aromatic carbocycles. The number of halogens is 1. The topological polar surface area (TPSA) is 72.8 Å². The fraction of sp³-hybridized carbons (Fsp3) is 0.333. The van der Waals surface area contributed by atoms with Crippen molar-refractivity contribution in [2.75, 3.05) is 13.2 Å². The molecule has 0 bridgehead atoms. The molecule has 0 aromatic heterocycles. The van der Waals surface area contributed by atoms with Crippen LogP contribution in [0.25, 0.3) is 0 Å². The first-order valence-electron chi connectivity index (χ1n) is 5.27. The van der Waals surface area contributed by atoms with Crippen LogP contribution in [0.5, 0.6) is 5.75 Å². The van der Waals surface area contributed by atoms with Gasteiger partial charge in [0.25, 0.3) is 0 Å². The van der Waals surface area contributed by atoms with E-state index in [1.54, 1.807) is 19.9 Å². The third-order valence-electron chi connectivity index (χ3n) is 2.11. The average molecular weight is 317 g/mol. The van der Waals surface area contributed by atoms with Gasteiger partial charge in [-0.05, 0) is 31.5 Å². The first-order chi connectivity index (χ1) is 8.45. The second-order valence-electron chi connectivity index (χ2n) is 3.50. The Balaban J connectivity index is 2.93. The van der Waals surface area contributed by atoms with Crippen LogP contribution in [0.2, 0.25) is 0 Å². The Hall–Kier alpha value is -1.56. The summed E-state index contributed by atoms with van der Waals surface area (Å²) in [6, 6.07) is 3.14. The molecule has 1 N–H and O–H groups in total. The molecule has 0 amide bonds. The predicted molar refractivity (Wildman–Crippen MR) is 68.0 cm³/mol. The van der Waals surface area contributed by atoms with E-state index in [4.69, 9.17) is 14.6 Å². The van der Waals surface area contributed by atoms with Crippen LogP contribution in [0.1, 0.15) is 22.8 Å². The minimum absolute atomic E-state index is 0.00572. The van der Waals surface area contributed by atoms with Crippen LogP contribution in [-0.4, -0.2) is 30.3 Å². The maximum absolute atomic E-state index is 11.2. The number of carboxylic acids is 1. The minimum atomic E-state index is -1.11. The number of carbonyl (C=O) groups is 2. The van der Waals surface area contributed by atoms with Crippen molar-refractivity contribution in [3.8, 4) is 5.75 Å². The summed E-state index contributed by atoms with van der Waals surface area (Å²) in [6.07, 6.45) is 0. The Morgan fingerprint density at radius 1 is 1.39 bits per heavy atom. The normalized spacial score (nSPS) is 9.94. The van der Waals surface area contributed by atoms with Crippen molar-refractivity contribution in [3.05, 3.63) is 27.7 Å². The summed E-state index contributed by atoms with van der Waals surface area (Å²) in [4.78, 5) is 22.3. The van der Waals surface area contributed by atoms with Gasteiger partial charge < -0.3 is 14.6 Å². The molecule has 0 fully saturated rings. The van der Waals surface area contributed by atoms with Gasteiger partial charge in [0.05, 0.1) is 6.61 Å². The number of esters is 1. The Labute approximate surface area is 113 Å². The number of aryl methyl sites for hydroxylation is 1. The highest BCUT2D eigenvalue weighted by Gasteiger charge is 2.16. The molecule has 1 aromatic rings. The van der Waals surface area contributed by atoms with E-state index in [1.807, 2.05) is 0 Å². The molecule has 6 heteroatoms. The molecule has 0 unspecified atom stereocenters. The summed E-state index contributed by atoms with van der Waals surface area (Å²) in [5.74, 6) is -1.46. The van der Waals surface area contributed by atoms with E-state index in [1.165, 1.54) is 6.07 Å². The van der Waals surface area contributed by atoms with Crippen molar-refractivity contribution in [1.29, 1.82) is 0 Å². The lowest BCUT2D eigenvalue weighted by atomic mass is 10.1. The van der Waals surface area contributed by atoms with Gasteiger partial charge in [-0.2, -0.15) is 0 Å². The largest absolute Gasteiger partial charge is 0.481 e. The molecule has 1 rings (SSSR count). The van der Waals surface area contributed by atoms with E-state index in [0.29, 0.717) is 10.0 Å². The molecule has 0 radical (unpaired) electrons. The van der Waals surface area contributed by atoms with Gasteiger partial charge in [-0.25, -0.2) is 9.59 Å². The van der Waals surface area contributed by atoms with Crippen molar-refractivity contribution in [2.24, 2.45) is 0 Å². The van der Waals surface area contributed by atoms with Crippen LogP contribution >= 0.6 is 15.9 Å². The summed E-state index contributed by atoms with van der Waals surface area (Å²) >= 11 is 3.21. The summed E-state index contributed by atoms with van der Waals surface area (Å²) in [6.45, 7) is 3.34. The minimum Gasteiger partial charge on any atom is -0.481 e. The van der Waals surface area contributed by atoms with Gasteiger partial charge in [0.15, 0.2) is 6.61 Å². The molecule has 0 spiro atoms. The Bertz CT molecular complexity index is 470. The molecule has 0 aliphatic rings. The second kappa shape index (κ2) is 6.39. The van der Waals surface area contributed by atoms with Gasteiger partial charge in [-0.3, -0.25) is 0 Å². The van der Waals surface area contributed by atoms with Crippen LogP contribution in [0.3, 0.4) is 0 Å². The lowest BCUT2D eigenvalue weighted by Gasteiger charge is -2.12. The molecule has 0 heterocycles. The quantitative estimate of drug-likeness (QED) is 0.844. The standard InChI is InChI=1S/C12H13BrO5/c1-3-17-10(14)6-18-11-7(2)4-8(13)5-9(11)12(15)16/h4-5H,3,6H2,1-2H3,(H,15,16). The van der Waals surface area contributed by atoms with Crippen molar-refractivity contribution in [1.82, 2.24) is 0 Å². The summed E-state index contributed by atoms with van der Waals surface area (Å²) in [5.41, 5.74) is 0.636. The van der Waals surface area contributed by atoms with Crippen LogP contribution < -0.4 is 4.74 Å². The number of aromatic carboxylic acids is 1. The smallest absolute Gasteiger partial charge is 0.344 e. The van der Waals surface area contributed by atoms with Crippen molar-refractivity contribution < 1.29 is 24.2 Å². The zero-order chi connectivity index (χ0) is 13.7. The summed E-state index contributed by atoms with van der Waals surface area (Å²) in [5, 5.41) is 9.07. The van der Waals surface area contributed by atoms with Crippen LogP contribution in [0, 0.1) is 6.92 Å². The Morgan fingerprint density at radius 2 is 2.06 bits per heavy atom. The third-order valence-corrected chi connectivity index (χ3v) is 2.57. The average Bonchev–Trinajstić information content (AvgIpc) is 2.27. The summed E-state index contributed by atoms with van der Waals surface area (Å²) < 4.78 is 10.6. The van der Waals surface area contributed by atoms with Gasteiger partial charge in [-0.1, -0.05) is 15.9 Å². The lowest BCUT2D eigenvalue weighted by Crippen LogP contribution is -2.16. The first-order valence-corrected chi connectivity index (χ1v) is 6.06.